The molecule has 0 spiro atoms. The van der Waals surface area contributed by atoms with Gasteiger partial charge in [-0.25, -0.2) is 0 Å². The zero-order valence-electron chi connectivity index (χ0n) is 15.5. The first kappa shape index (κ1) is 22.8. The standard InChI is InChI=1S/C16H30O11/c1-16(2,3)27-15-12(23)10(21)13(7(5-18)25-15)26-14-11(22)9(20)8(19)6(4-17)24-14/h6-15,17-23H,4-5H2,1-3H3/t6-,7-,8+,9+,10-,11-,12-,13-,14+,15-/m1/s1. The first-order valence-corrected chi connectivity index (χ1v) is 8.76. The molecular weight excluding hydrogens is 368 g/mol. The molecule has 0 bridgehead atoms. The molecule has 7 N–H and O–H groups in total. The third-order valence-corrected chi connectivity index (χ3v) is 4.43. The van der Waals surface area contributed by atoms with Crippen LogP contribution in [0.15, 0.2) is 0 Å². The fraction of sp³-hybridized carbons (Fsp3) is 1.00. The molecule has 11 heteroatoms. The quantitative estimate of drug-likeness (QED) is 0.243. The summed E-state index contributed by atoms with van der Waals surface area (Å²) in [5.74, 6) is 0. The summed E-state index contributed by atoms with van der Waals surface area (Å²) in [5.41, 5.74) is -0.698. The molecule has 27 heavy (non-hydrogen) atoms. The molecule has 0 amide bonds. The Morgan fingerprint density at radius 3 is 1.74 bits per heavy atom. The van der Waals surface area contributed by atoms with Gasteiger partial charge in [0.2, 0.25) is 0 Å². The highest BCUT2D eigenvalue weighted by Gasteiger charge is 2.51. The maximum atomic E-state index is 10.4. The number of hydrogen-bond acceptors (Lipinski definition) is 11. The van der Waals surface area contributed by atoms with Crippen LogP contribution in [-0.4, -0.2) is 116 Å². The highest BCUT2D eigenvalue weighted by atomic mass is 16.7. The molecule has 2 aliphatic rings. The summed E-state index contributed by atoms with van der Waals surface area (Å²) in [6.45, 7) is 3.91. The van der Waals surface area contributed by atoms with Crippen LogP contribution < -0.4 is 0 Å². The molecule has 11 nitrogen and oxygen atoms in total. The van der Waals surface area contributed by atoms with Crippen molar-refractivity contribution in [1.29, 1.82) is 0 Å². The predicted molar refractivity (Wildman–Crippen MR) is 87.2 cm³/mol. The topological polar surface area (TPSA) is 179 Å². The van der Waals surface area contributed by atoms with Gasteiger partial charge in [-0.2, -0.15) is 0 Å². The van der Waals surface area contributed by atoms with Crippen molar-refractivity contribution in [1.82, 2.24) is 0 Å². The van der Waals surface area contributed by atoms with Gasteiger partial charge in [-0.1, -0.05) is 0 Å². The Balaban J connectivity index is 2.12. The maximum absolute atomic E-state index is 10.4. The van der Waals surface area contributed by atoms with Gasteiger partial charge in [-0.15, -0.1) is 0 Å². The molecule has 2 heterocycles. The molecule has 2 fully saturated rings. The van der Waals surface area contributed by atoms with Gasteiger partial charge in [0.1, 0.15) is 48.8 Å². The molecule has 0 saturated carbocycles. The Morgan fingerprint density at radius 1 is 0.704 bits per heavy atom. The summed E-state index contributed by atoms with van der Waals surface area (Å²) < 4.78 is 21.7. The van der Waals surface area contributed by atoms with Gasteiger partial charge >= 0.3 is 0 Å². The number of rotatable bonds is 5. The van der Waals surface area contributed by atoms with Gasteiger partial charge in [0, 0.05) is 0 Å². The predicted octanol–water partition coefficient (Wildman–Crippen LogP) is -3.57. The molecule has 10 atom stereocenters. The first-order valence-electron chi connectivity index (χ1n) is 8.76. The smallest absolute Gasteiger partial charge is 0.187 e. The van der Waals surface area contributed by atoms with Crippen LogP contribution in [0.25, 0.3) is 0 Å². The highest BCUT2D eigenvalue weighted by Crippen LogP contribution is 2.30. The van der Waals surface area contributed by atoms with E-state index in [0.717, 1.165) is 0 Å². The zero-order valence-corrected chi connectivity index (χ0v) is 15.5. The van der Waals surface area contributed by atoms with E-state index in [1.54, 1.807) is 20.8 Å². The van der Waals surface area contributed by atoms with Crippen molar-refractivity contribution in [3.8, 4) is 0 Å². The minimum Gasteiger partial charge on any atom is -0.394 e. The first-order chi connectivity index (χ1) is 12.5. The van der Waals surface area contributed by atoms with Crippen molar-refractivity contribution >= 4 is 0 Å². The van der Waals surface area contributed by atoms with Crippen molar-refractivity contribution in [3.63, 3.8) is 0 Å². The van der Waals surface area contributed by atoms with Crippen LogP contribution in [0.3, 0.4) is 0 Å². The van der Waals surface area contributed by atoms with Crippen molar-refractivity contribution in [3.05, 3.63) is 0 Å². The maximum Gasteiger partial charge on any atom is 0.187 e. The Bertz CT molecular complexity index is 466. The lowest BCUT2D eigenvalue weighted by Gasteiger charge is -2.46. The number of ether oxygens (including phenoxy) is 4. The molecule has 0 aromatic carbocycles. The molecule has 2 rings (SSSR count). The van der Waals surface area contributed by atoms with Crippen molar-refractivity contribution in [2.45, 2.75) is 87.8 Å². The highest BCUT2D eigenvalue weighted by molar-refractivity contribution is 4.94. The second kappa shape index (κ2) is 8.93. The van der Waals surface area contributed by atoms with Crippen LogP contribution in [0, 0.1) is 0 Å². The lowest BCUT2D eigenvalue weighted by Crippen LogP contribution is -2.65. The normalized spacial score (nSPS) is 46.4. The van der Waals surface area contributed by atoms with Crippen LogP contribution in [0.1, 0.15) is 20.8 Å². The molecule has 0 radical (unpaired) electrons. The largest absolute Gasteiger partial charge is 0.394 e. The van der Waals surface area contributed by atoms with Gasteiger partial charge in [0.05, 0.1) is 18.8 Å². The SMILES string of the molecule is CC(C)(C)O[C@H]1O[C@H](CO)[C@@H](O[C@@H]2O[C@H](CO)[C@H](O)[C@H](O)[C@H]2O)[C@H](O)[C@H]1O. The minimum absolute atomic E-state index is 0.601. The van der Waals surface area contributed by atoms with Crippen molar-refractivity contribution in [2.75, 3.05) is 13.2 Å². The molecule has 160 valence electrons. The molecule has 2 aliphatic heterocycles. The summed E-state index contributed by atoms with van der Waals surface area (Å²) in [7, 11) is 0. The molecular formula is C16H30O11. The summed E-state index contributed by atoms with van der Waals surface area (Å²) in [6.07, 6.45) is -14.5. The van der Waals surface area contributed by atoms with E-state index in [1.165, 1.54) is 0 Å². The van der Waals surface area contributed by atoms with E-state index in [9.17, 15) is 35.7 Å². The van der Waals surface area contributed by atoms with E-state index in [1.807, 2.05) is 0 Å². The van der Waals surface area contributed by atoms with Crippen LogP contribution in [0.2, 0.25) is 0 Å². The van der Waals surface area contributed by atoms with E-state index in [2.05, 4.69) is 0 Å². The van der Waals surface area contributed by atoms with Crippen LogP contribution in [-0.2, 0) is 18.9 Å². The summed E-state index contributed by atoms with van der Waals surface area (Å²) >= 11 is 0. The molecule has 0 aromatic heterocycles. The number of hydrogen-bond donors (Lipinski definition) is 7. The fourth-order valence-corrected chi connectivity index (χ4v) is 3.00. The van der Waals surface area contributed by atoms with E-state index >= 15 is 0 Å². The average Bonchev–Trinajstić information content (AvgIpc) is 2.60. The Labute approximate surface area is 156 Å². The number of aliphatic hydroxyl groups is 7. The van der Waals surface area contributed by atoms with E-state index in [4.69, 9.17) is 18.9 Å². The second-order valence-electron chi connectivity index (χ2n) is 7.73. The lowest BCUT2D eigenvalue weighted by molar-refractivity contribution is -0.366. The van der Waals surface area contributed by atoms with Gasteiger partial charge in [-0.3, -0.25) is 0 Å². The fourth-order valence-electron chi connectivity index (χ4n) is 3.00. The third-order valence-electron chi connectivity index (χ3n) is 4.43. The van der Waals surface area contributed by atoms with Crippen LogP contribution in [0.4, 0.5) is 0 Å². The lowest BCUT2D eigenvalue weighted by atomic mass is 9.97. The molecule has 0 aromatic rings. The molecule has 0 unspecified atom stereocenters. The Hall–Kier alpha value is -0.440. The average molecular weight is 398 g/mol. The summed E-state index contributed by atoms with van der Waals surface area (Å²) in [5, 5.41) is 69.2. The van der Waals surface area contributed by atoms with Gasteiger partial charge in [0.15, 0.2) is 12.6 Å². The second-order valence-corrected chi connectivity index (χ2v) is 7.73. The van der Waals surface area contributed by atoms with Gasteiger partial charge in [-0.05, 0) is 20.8 Å². The van der Waals surface area contributed by atoms with Gasteiger partial charge < -0.3 is 54.7 Å². The minimum atomic E-state index is -1.70. The van der Waals surface area contributed by atoms with E-state index in [-0.39, 0.29) is 0 Å². The number of aliphatic hydroxyl groups excluding tert-OH is 7. The van der Waals surface area contributed by atoms with Crippen LogP contribution >= 0.6 is 0 Å². The van der Waals surface area contributed by atoms with Crippen LogP contribution in [0.5, 0.6) is 0 Å². The zero-order chi connectivity index (χ0) is 20.5. The molecule has 2 saturated heterocycles. The van der Waals surface area contributed by atoms with E-state index in [0.29, 0.717) is 0 Å². The Kier molecular flexibility index (Phi) is 7.55. The van der Waals surface area contributed by atoms with Crippen molar-refractivity contribution < 1.29 is 54.7 Å². The summed E-state index contributed by atoms with van der Waals surface area (Å²) in [4.78, 5) is 0. The Morgan fingerprint density at radius 2 is 1.22 bits per heavy atom. The van der Waals surface area contributed by atoms with Crippen molar-refractivity contribution in [2.24, 2.45) is 0 Å². The third kappa shape index (κ3) is 5.14. The molecule has 0 aliphatic carbocycles. The van der Waals surface area contributed by atoms with E-state index < -0.39 is 80.2 Å². The van der Waals surface area contributed by atoms with Gasteiger partial charge in [0.25, 0.3) is 0 Å². The summed E-state index contributed by atoms with van der Waals surface area (Å²) in [6, 6.07) is 0. The monoisotopic (exact) mass is 398 g/mol.